The van der Waals surface area contributed by atoms with Gasteiger partial charge in [-0.15, -0.1) is 0 Å². The summed E-state index contributed by atoms with van der Waals surface area (Å²) in [6.07, 6.45) is 3.24. The number of hydrogen-bond acceptors (Lipinski definition) is 5. The first-order valence-corrected chi connectivity index (χ1v) is 8.94. The second-order valence-electron chi connectivity index (χ2n) is 6.25. The van der Waals surface area contributed by atoms with Gasteiger partial charge in [-0.2, -0.15) is 0 Å². The van der Waals surface area contributed by atoms with Crippen LogP contribution >= 0.6 is 11.6 Å². The fourth-order valence-electron chi connectivity index (χ4n) is 2.57. The van der Waals surface area contributed by atoms with E-state index in [-0.39, 0.29) is 25.0 Å². The molecule has 0 saturated carbocycles. The molecule has 144 valence electrons. The van der Waals surface area contributed by atoms with Crippen LogP contribution in [0.2, 0.25) is 5.02 Å². The van der Waals surface area contributed by atoms with Crippen molar-refractivity contribution in [2.45, 2.75) is 6.92 Å². The van der Waals surface area contributed by atoms with Crippen LogP contribution < -0.4 is 10.1 Å². The number of aryl methyl sites for hydroxylation is 1. The van der Waals surface area contributed by atoms with Crippen molar-refractivity contribution < 1.29 is 14.3 Å². The van der Waals surface area contributed by atoms with Crippen LogP contribution in [0.5, 0.6) is 5.75 Å². The number of pyridine rings is 2. The molecule has 2 aromatic heterocycles. The van der Waals surface area contributed by atoms with E-state index in [2.05, 4.69) is 15.3 Å². The molecule has 0 saturated heterocycles. The molecule has 0 bridgehead atoms. The lowest BCUT2D eigenvalue weighted by molar-refractivity contribution is -0.135. The number of hydrogen-bond donors (Lipinski definition) is 1. The smallest absolute Gasteiger partial charge is 0.260 e. The first-order valence-electron chi connectivity index (χ1n) is 8.56. The Morgan fingerprint density at radius 1 is 1.18 bits per heavy atom. The van der Waals surface area contributed by atoms with Gasteiger partial charge in [-0.25, -0.2) is 4.98 Å². The summed E-state index contributed by atoms with van der Waals surface area (Å²) in [6, 6.07) is 10.5. The quantitative estimate of drug-likeness (QED) is 0.689. The van der Waals surface area contributed by atoms with Gasteiger partial charge in [-0.3, -0.25) is 14.6 Å². The van der Waals surface area contributed by atoms with Crippen LogP contribution in [0.25, 0.3) is 10.9 Å². The Kier molecular flexibility index (Phi) is 6.06. The third kappa shape index (κ3) is 4.75. The van der Waals surface area contributed by atoms with Gasteiger partial charge in [0.05, 0.1) is 11.6 Å². The summed E-state index contributed by atoms with van der Waals surface area (Å²) >= 11 is 6.16. The lowest BCUT2D eigenvalue weighted by Gasteiger charge is -2.17. The summed E-state index contributed by atoms with van der Waals surface area (Å²) in [5, 5.41) is 3.96. The number of ether oxygens (including phenoxy) is 1. The average molecular weight is 399 g/mol. The van der Waals surface area contributed by atoms with E-state index in [1.54, 1.807) is 36.7 Å². The molecule has 0 aliphatic carbocycles. The van der Waals surface area contributed by atoms with Gasteiger partial charge in [0.15, 0.2) is 6.61 Å². The molecular weight excluding hydrogens is 380 g/mol. The molecule has 1 N–H and O–H groups in total. The van der Waals surface area contributed by atoms with Crippen molar-refractivity contribution in [3.63, 3.8) is 0 Å². The summed E-state index contributed by atoms with van der Waals surface area (Å²) in [6.45, 7) is 1.57. The number of rotatable bonds is 6. The molecule has 0 fully saturated rings. The lowest BCUT2D eigenvalue weighted by atomic mass is 10.2. The molecule has 7 nitrogen and oxygen atoms in total. The first-order chi connectivity index (χ1) is 13.4. The molecule has 0 radical (unpaired) electrons. The molecule has 0 spiro atoms. The zero-order valence-corrected chi connectivity index (χ0v) is 16.2. The lowest BCUT2D eigenvalue weighted by Crippen LogP contribution is -2.37. The monoisotopic (exact) mass is 398 g/mol. The van der Waals surface area contributed by atoms with Crippen molar-refractivity contribution in [3.05, 3.63) is 59.4 Å². The highest BCUT2D eigenvalue weighted by atomic mass is 35.5. The number of nitrogens with one attached hydrogen (secondary N) is 1. The summed E-state index contributed by atoms with van der Waals surface area (Å²) in [5.41, 5.74) is 1.56. The molecule has 2 amide bonds. The molecule has 0 atom stereocenters. The van der Waals surface area contributed by atoms with Gasteiger partial charge in [-0.05, 0) is 48.9 Å². The van der Waals surface area contributed by atoms with E-state index >= 15 is 0 Å². The molecule has 1 aromatic carbocycles. The zero-order valence-electron chi connectivity index (χ0n) is 15.5. The number of benzene rings is 1. The van der Waals surface area contributed by atoms with Crippen LogP contribution in [0.15, 0.2) is 48.8 Å². The Hall–Kier alpha value is -3.19. The Labute approximate surface area is 167 Å². The predicted molar refractivity (Wildman–Crippen MR) is 107 cm³/mol. The predicted octanol–water partition coefficient (Wildman–Crippen LogP) is 3.07. The standard InChI is InChI=1S/C20H19ClN4O3/c1-13-7-9-22-17(10-13)24-18(26)11-25(2)19(27)12-28-16-6-5-15(21)14-4-3-8-23-20(14)16/h3-10H,11-12H2,1-2H3,(H,22,24,26). The van der Waals surface area contributed by atoms with Crippen LogP contribution in [-0.2, 0) is 9.59 Å². The Morgan fingerprint density at radius 3 is 2.79 bits per heavy atom. The number of carbonyl (C=O) groups excluding carboxylic acids is 2. The highest BCUT2D eigenvalue weighted by Gasteiger charge is 2.15. The minimum Gasteiger partial charge on any atom is -0.481 e. The van der Waals surface area contributed by atoms with Gasteiger partial charge in [-0.1, -0.05) is 11.6 Å². The molecule has 8 heteroatoms. The average Bonchev–Trinajstić information content (AvgIpc) is 2.67. The molecule has 2 heterocycles. The SMILES string of the molecule is Cc1ccnc(NC(=O)CN(C)C(=O)COc2ccc(Cl)c3cccnc23)c1. The van der Waals surface area contributed by atoms with Gasteiger partial charge in [0.1, 0.15) is 17.1 Å². The number of halogens is 1. The maximum Gasteiger partial charge on any atom is 0.260 e. The molecule has 0 unspecified atom stereocenters. The van der Waals surface area contributed by atoms with Crippen molar-refractivity contribution in [2.75, 3.05) is 25.5 Å². The third-order valence-corrected chi connectivity index (χ3v) is 4.35. The van der Waals surface area contributed by atoms with Crippen LogP contribution in [-0.4, -0.2) is 46.9 Å². The summed E-state index contributed by atoms with van der Waals surface area (Å²) in [5.74, 6) is 0.218. The molecule has 28 heavy (non-hydrogen) atoms. The number of fused-ring (bicyclic) bond motifs is 1. The van der Waals surface area contributed by atoms with E-state index in [1.165, 1.54) is 11.9 Å². The van der Waals surface area contributed by atoms with Crippen LogP contribution in [0.1, 0.15) is 5.56 Å². The van der Waals surface area contributed by atoms with E-state index in [0.717, 1.165) is 10.9 Å². The van der Waals surface area contributed by atoms with E-state index in [4.69, 9.17) is 16.3 Å². The number of amides is 2. The zero-order chi connectivity index (χ0) is 20.1. The van der Waals surface area contributed by atoms with Gasteiger partial charge >= 0.3 is 0 Å². The van der Waals surface area contributed by atoms with E-state index in [1.807, 2.05) is 19.1 Å². The Balaban J connectivity index is 1.57. The normalized spacial score (nSPS) is 10.5. The van der Waals surface area contributed by atoms with Crippen LogP contribution in [0.3, 0.4) is 0 Å². The second kappa shape index (κ2) is 8.67. The van der Waals surface area contributed by atoms with E-state index in [9.17, 15) is 9.59 Å². The summed E-state index contributed by atoms with van der Waals surface area (Å²) in [7, 11) is 1.53. The largest absolute Gasteiger partial charge is 0.481 e. The first kappa shape index (κ1) is 19.6. The topological polar surface area (TPSA) is 84.4 Å². The number of carbonyl (C=O) groups is 2. The highest BCUT2D eigenvalue weighted by molar-refractivity contribution is 6.35. The number of nitrogens with zero attached hydrogens (tertiary/aromatic N) is 3. The van der Waals surface area contributed by atoms with Crippen molar-refractivity contribution >= 4 is 40.1 Å². The Morgan fingerprint density at radius 2 is 2.00 bits per heavy atom. The minimum absolute atomic E-state index is 0.114. The molecule has 3 rings (SSSR count). The van der Waals surface area contributed by atoms with Crippen molar-refractivity contribution in [2.24, 2.45) is 0 Å². The van der Waals surface area contributed by atoms with E-state index < -0.39 is 0 Å². The van der Waals surface area contributed by atoms with Gasteiger partial charge in [0.25, 0.3) is 5.91 Å². The fourth-order valence-corrected chi connectivity index (χ4v) is 2.78. The number of anilines is 1. The van der Waals surface area contributed by atoms with Gasteiger partial charge in [0.2, 0.25) is 5.91 Å². The number of likely N-dealkylation sites (N-methyl/N-ethyl adjacent to an activating group) is 1. The van der Waals surface area contributed by atoms with E-state index in [0.29, 0.717) is 22.1 Å². The molecule has 0 aliphatic rings. The molecular formula is C20H19ClN4O3. The summed E-state index contributed by atoms with van der Waals surface area (Å²) < 4.78 is 5.62. The maximum absolute atomic E-state index is 12.3. The van der Waals surface area contributed by atoms with Gasteiger partial charge < -0.3 is 15.0 Å². The third-order valence-electron chi connectivity index (χ3n) is 4.02. The minimum atomic E-state index is -0.341. The van der Waals surface area contributed by atoms with Gasteiger partial charge in [0, 0.05) is 24.8 Å². The Bertz CT molecular complexity index is 1030. The molecule has 0 aliphatic heterocycles. The fraction of sp³-hybridized carbons (Fsp3) is 0.200. The second-order valence-corrected chi connectivity index (χ2v) is 6.66. The highest BCUT2D eigenvalue weighted by Crippen LogP contribution is 2.29. The van der Waals surface area contributed by atoms with Crippen molar-refractivity contribution in [1.29, 1.82) is 0 Å². The van der Waals surface area contributed by atoms with Crippen LogP contribution in [0, 0.1) is 6.92 Å². The van der Waals surface area contributed by atoms with Crippen molar-refractivity contribution in [1.82, 2.24) is 14.9 Å². The maximum atomic E-state index is 12.3. The summed E-state index contributed by atoms with van der Waals surface area (Å²) in [4.78, 5) is 34.1. The van der Waals surface area contributed by atoms with Crippen LogP contribution in [0.4, 0.5) is 5.82 Å². The molecule has 3 aromatic rings. The number of aromatic nitrogens is 2. The van der Waals surface area contributed by atoms with Crippen molar-refractivity contribution in [3.8, 4) is 5.75 Å².